The van der Waals surface area contributed by atoms with E-state index in [2.05, 4.69) is 16.7 Å². The number of rotatable bonds is 1. The molecule has 3 nitrogen and oxygen atoms in total. The van der Waals surface area contributed by atoms with E-state index in [0.717, 1.165) is 13.1 Å². The van der Waals surface area contributed by atoms with E-state index in [1.807, 2.05) is 7.05 Å². The van der Waals surface area contributed by atoms with Gasteiger partial charge in [0.25, 0.3) is 0 Å². The van der Waals surface area contributed by atoms with Crippen LogP contribution in [0.4, 0.5) is 0 Å². The molecule has 1 aliphatic heterocycles. The molecule has 2 N–H and O–H groups in total. The zero-order valence-electron chi connectivity index (χ0n) is 5.52. The molecule has 1 rings (SSSR count). The average Bonchev–Trinajstić information content (AvgIpc) is 2.33. The topological polar surface area (TPSA) is 47.8 Å². The van der Waals surface area contributed by atoms with E-state index < -0.39 is 0 Å². The lowest BCUT2D eigenvalue weighted by atomic mass is 10.1. The summed E-state index contributed by atoms with van der Waals surface area (Å²) in [7, 11) is 1.89. The zero-order chi connectivity index (χ0) is 6.69. The summed E-state index contributed by atoms with van der Waals surface area (Å²) in [5.74, 6) is 0.162. The Kier molecular flexibility index (Phi) is 2.04. The molecule has 0 aliphatic carbocycles. The van der Waals surface area contributed by atoms with E-state index in [1.165, 1.54) is 0 Å². The van der Waals surface area contributed by atoms with Gasteiger partial charge in [0.1, 0.15) is 0 Å². The molecule has 2 atom stereocenters. The number of hydrogen-bond donors (Lipinski definition) is 2. The molecule has 1 aliphatic rings. The van der Waals surface area contributed by atoms with Gasteiger partial charge in [-0.25, -0.2) is 0 Å². The molecular weight excluding hydrogens is 114 g/mol. The number of hydrogen-bond acceptors (Lipinski definition) is 3. The first-order valence-electron chi connectivity index (χ1n) is 3.16. The van der Waals surface area contributed by atoms with Crippen molar-refractivity contribution in [1.29, 1.82) is 5.26 Å². The van der Waals surface area contributed by atoms with E-state index in [4.69, 9.17) is 5.26 Å². The molecule has 0 spiro atoms. The highest BCUT2D eigenvalue weighted by molar-refractivity contribution is 4.98. The number of nitrogens with zero attached hydrogens (tertiary/aromatic N) is 1. The van der Waals surface area contributed by atoms with Crippen LogP contribution in [-0.4, -0.2) is 26.2 Å². The maximum absolute atomic E-state index is 8.54. The minimum atomic E-state index is 0.162. The largest absolute Gasteiger partial charge is 0.314 e. The predicted molar refractivity (Wildman–Crippen MR) is 34.8 cm³/mol. The molecule has 0 aromatic heterocycles. The Morgan fingerprint density at radius 1 is 1.67 bits per heavy atom. The van der Waals surface area contributed by atoms with E-state index in [1.54, 1.807) is 0 Å². The molecule has 3 heteroatoms. The molecule has 1 fully saturated rings. The monoisotopic (exact) mass is 125 g/mol. The number of nitriles is 1. The van der Waals surface area contributed by atoms with E-state index in [0.29, 0.717) is 6.04 Å². The Bertz CT molecular complexity index is 127. The van der Waals surface area contributed by atoms with Crippen molar-refractivity contribution >= 4 is 0 Å². The molecule has 2 unspecified atom stereocenters. The van der Waals surface area contributed by atoms with Crippen molar-refractivity contribution in [3.63, 3.8) is 0 Å². The third kappa shape index (κ3) is 1.21. The average molecular weight is 125 g/mol. The Morgan fingerprint density at radius 3 is 2.89 bits per heavy atom. The number of likely N-dealkylation sites (N-methyl/N-ethyl adjacent to an activating group) is 1. The van der Waals surface area contributed by atoms with Crippen molar-refractivity contribution in [3.05, 3.63) is 0 Å². The van der Waals surface area contributed by atoms with Gasteiger partial charge >= 0.3 is 0 Å². The highest BCUT2D eigenvalue weighted by atomic mass is 15.0. The highest BCUT2D eigenvalue weighted by Gasteiger charge is 2.24. The van der Waals surface area contributed by atoms with Crippen LogP contribution >= 0.6 is 0 Å². The quantitative estimate of drug-likeness (QED) is 0.488. The second kappa shape index (κ2) is 2.81. The van der Waals surface area contributed by atoms with Crippen LogP contribution < -0.4 is 10.6 Å². The molecule has 0 radical (unpaired) electrons. The Labute approximate surface area is 55.1 Å². The number of nitrogens with one attached hydrogen (secondary N) is 2. The van der Waals surface area contributed by atoms with Gasteiger partial charge in [-0.3, -0.25) is 0 Å². The van der Waals surface area contributed by atoms with Crippen molar-refractivity contribution in [2.45, 2.75) is 6.04 Å². The van der Waals surface area contributed by atoms with Crippen molar-refractivity contribution in [2.24, 2.45) is 5.92 Å². The molecule has 0 bridgehead atoms. The summed E-state index contributed by atoms with van der Waals surface area (Å²) >= 11 is 0. The predicted octanol–water partition coefficient (Wildman–Crippen LogP) is -0.683. The lowest BCUT2D eigenvalue weighted by Crippen LogP contribution is -2.32. The molecule has 0 amide bonds. The van der Waals surface area contributed by atoms with Gasteiger partial charge in [-0.05, 0) is 7.05 Å². The molecule has 0 aromatic rings. The van der Waals surface area contributed by atoms with Crippen molar-refractivity contribution in [2.75, 3.05) is 20.1 Å². The molecule has 50 valence electrons. The van der Waals surface area contributed by atoms with Gasteiger partial charge in [-0.1, -0.05) is 0 Å². The molecule has 1 saturated heterocycles. The van der Waals surface area contributed by atoms with Crippen LogP contribution in [-0.2, 0) is 0 Å². The molecule has 9 heavy (non-hydrogen) atoms. The van der Waals surface area contributed by atoms with Gasteiger partial charge in [-0.15, -0.1) is 0 Å². The lowest BCUT2D eigenvalue weighted by molar-refractivity contribution is 0.538. The first-order valence-corrected chi connectivity index (χ1v) is 3.16. The van der Waals surface area contributed by atoms with Gasteiger partial charge in [0.05, 0.1) is 12.0 Å². The van der Waals surface area contributed by atoms with Gasteiger partial charge in [0.2, 0.25) is 0 Å². The first-order chi connectivity index (χ1) is 4.38. The lowest BCUT2D eigenvalue weighted by Gasteiger charge is -2.08. The van der Waals surface area contributed by atoms with E-state index in [9.17, 15) is 0 Å². The Morgan fingerprint density at radius 2 is 2.44 bits per heavy atom. The van der Waals surface area contributed by atoms with Crippen LogP contribution in [0.1, 0.15) is 0 Å². The van der Waals surface area contributed by atoms with Gasteiger partial charge in [0.15, 0.2) is 0 Å². The van der Waals surface area contributed by atoms with Crippen LogP contribution in [0.25, 0.3) is 0 Å². The van der Waals surface area contributed by atoms with Crippen molar-refractivity contribution in [1.82, 2.24) is 10.6 Å². The molecule has 0 aromatic carbocycles. The maximum atomic E-state index is 8.54. The smallest absolute Gasteiger partial charge is 0.0753 e. The van der Waals surface area contributed by atoms with Crippen molar-refractivity contribution in [3.8, 4) is 6.07 Å². The summed E-state index contributed by atoms with van der Waals surface area (Å²) in [5, 5.41) is 14.8. The maximum Gasteiger partial charge on any atom is 0.0753 e. The summed E-state index contributed by atoms with van der Waals surface area (Å²) in [4.78, 5) is 0. The van der Waals surface area contributed by atoms with Crippen LogP contribution in [0.2, 0.25) is 0 Å². The standard InChI is InChI=1S/C6H11N3/c1-8-6-4-9-3-5(6)2-7/h5-6,8-9H,3-4H2,1H3. The molecule has 1 heterocycles. The fourth-order valence-electron chi connectivity index (χ4n) is 1.12. The normalized spacial score (nSPS) is 34.2. The van der Waals surface area contributed by atoms with Gasteiger partial charge in [-0.2, -0.15) is 5.26 Å². The molecule has 0 saturated carbocycles. The SMILES string of the molecule is CNC1CNCC1C#N. The third-order valence-electron chi connectivity index (χ3n) is 1.75. The summed E-state index contributed by atoms with van der Waals surface area (Å²) in [6.07, 6.45) is 0. The summed E-state index contributed by atoms with van der Waals surface area (Å²) < 4.78 is 0. The van der Waals surface area contributed by atoms with Crippen LogP contribution in [0.5, 0.6) is 0 Å². The van der Waals surface area contributed by atoms with Crippen LogP contribution in [0, 0.1) is 17.2 Å². The Balaban J connectivity index is 2.44. The first kappa shape index (κ1) is 6.53. The fraction of sp³-hybridized carbons (Fsp3) is 0.833. The highest BCUT2D eigenvalue weighted by Crippen LogP contribution is 2.05. The van der Waals surface area contributed by atoms with E-state index in [-0.39, 0.29) is 5.92 Å². The van der Waals surface area contributed by atoms with Gasteiger partial charge in [0, 0.05) is 19.1 Å². The second-order valence-electron chi connectivity index (χ2n) is 2.29. The summed E-state index contributed by atoms with van der Waals surface area (Å²) in [6.45, 7) is 1.76. The third-order valence-corrected chi connectivity index (χ3v) is 1.75. The minimum absolute atomic E-state index is 0.162. The second-order valence-corrected chi connectivity index (χ2v) is 2.29. The summed E-state index contributed by atoms with van der Waals surface area (Å²) in [6, 6.07) is 2.60. The Hall–Kier alpha value is -0.590. The fourth-order valence-corrected chi connectivity index (χ4v) is 1.12. The van der Waals surface area contributed by atoms with Crippen molar-refractivity contribution < 1.29 is 0 Å². The zero-order valence-corrected chi connectivity index (χ0v) is 5.52. The van der Waals surface area contributed by atoms with E-state index >= 15 is 0 Å². The molecular formula is C6H11N3. The summed E-state index contributed by atoms with van der Waals surface area (Å²) in [5.41, 5.74) is 0. The van der Waals surface area contributed by atoms with Crippen LogP contribution in [0.15, 0.2) is 0 Å². The van der Waals surface area contributed by atoms with Gasteiger partial charge < -0.3 is 10.6 Å². The minimum Gasteiger partial charge on any atom is -0.314 e. The van der Waals surface area contributed by atoms with Crippen LogP contribution in [0.3, 0.4) is 0 Å².